The van der Waals surface area contributed by atoms with Crippen molar-refractivity contribution in [3.63, 3.8) is 0 Å². The van der Waals surface area contributed by atoms with E-state index in [1.165, 1.54) is 0 Å². The van der Waals surface area contributed by atoms with E-state index in [1.54, 1.807) is 36.0 Å². The predicted molar refractivity (Wildman–Crippen MR) is 126 cm³/mol. The Balaban J connectivity index is 2.10. The van der Waals surface area contributed by atoms with E-state index in [1.807, 2.05) is 40.1 Å². The molecule has 8 heteroatoms. The second kappa shape index (κ2) is 9.78. The SMILES string of the molecule is CCSN(SCC)C(=S)Cc1nc2ccc(Cl)cc2c(-c2ccccc2)[n+]1[O-]. The average molecular weight is 450 g/mol. The van der Waals surface area contributed by atoms with Gasteiger partial charge in [0.2, 0.25) is 0 Å². The number of aromatic nitrogens is 2. The highest BCUT2D eigenvalue weighted by molar-refractivity contribution is 8.13. The number of rotatable bonds is 7. The third-order valence-corrected chi connectivity index (χ3v) is 6.81. The zero-order chi connectivity index (χ0) is 20.1. The van der Waals surface area contributed by atoms with Crippen molar-refractivity contribution in [1.82, 2.24) is 8.69 Å². The van der Waals surface area contributed by atoms with E-state index in [0.29, 0.717) is 28.0 Å². The molecule has 0 saturated carbocycles. The summed E-state index contributed by atoms with van der Waals surface area (Å²) in [4.78, 5) is 5.29. The van der Waals surface area contributed by atoms with E-state index in [2.05, 4.69) is 18.8 Å². The van der Waals surface area contributed by atoms with Crippen molar-refractivity contribution in [2.45, 2.75) is 20.3 Å². The van der Waals surface area contributed by atoms with Crippen molar-refractivity contribution in [1.29, 1.82) is 0 Å². The Morgan fingerprint density at radius 1 is 1.14 bits per heavy atom. The average Bonchev–Trinajstić information content (AvgIpc) is 2.69. The zero-order valence-corrected chi connectivity index (χ0v) is 18.8. The molecule has 0 unspecified atom stereocenters. The van der Waals surface area contributed by atoms with Crippen LogP contribution in [0.2, 0.25) is 5.02 Å². The summed E-state index contributed by atoms with van der Waals surface area (Å²) < 4.78 is 2.90. The summed E-state index contributed by atoms with van der Waals surface area (Å²) in [6.45, 7) is 4.16. The Morgan fingerprint density at radius 2 is 1.82 bits per heavy atom. The van der Waals surface area contributed by atoms with Gasteiger partial charge < -0.3 is 5.21 Å². The van der Waals surface area contributed by atoms with Crippen LogP contribution in [0, 0.1) is 5.21 Å². The number of hydrogen-bond donors (Lipinski definition) is 0. The number of benzene rings is 2. The Kier molecular flexibility index (Phi) is 7.40. The Labute approximate surface area is 184 Å². The maximum Gasteiger partial charge on any atom is 0.309 e. The normalized spacial score (nSPS) is 11.0. The van der Waals surface area contributed by atoms with Gasteiger partial charge >= 0.3 is 5.82 Å². The molecule has 4 nitrogen and oxygen atoms in total. The van der Waals surface area contributed by atoms with Crippen LogP contribution in [0.3, 0.4) is 0 Å². The lowest BCUT2D eigenvalue weighted by Crippen LogP contribution is -2.38. The van der Waals surface area contributed by atoms with Crippen LogP contribution in [0.1, 0.15) is 19.7 Å². The highest BCUT2D eigenvalue weighted by Gasteiger charge is 2.23. The molecular formula is C20H20ClN3OS3. The van der Waals surface area contributed by atoms with E-state index >= 15 is 0 Å². The molecule has 0 aliphatic carbocycles. The first-order valence-corrected chi connectivity index (χ1v) is 11.6. The fraction of sp³-hybridized carbons (Fsp3) is 0.250. The lowest BCUT2D eigenvalue weighted by molar-refractivity contribution is -0.603. The van der Waals surface area contributed by atoms with Gasteiger partial charge in [-0.25, -0.2) is 4.73 Å². The lowest BCUT2D eigenvalue weighted by atomic mass is 10.1. The molecule has 28 heavy (non-hydrogen) atoms. The molecule has 1 heterocycles. The third kappa shape index (κ3) is 4.71. The van der Waals surface area contributed by atoms with Crippen molar-refractivity contribution < 1.29 is 4.73 Å². The molecule has 0 fully saturated rings. The summed E-state index contributed by atoms with van der Waals surface area (Å²) in [7, 11) is 0. The van der Waals surface area contributed by atoms with Gasteiger partial charge in [-0.1, -0.05) is 68.0 Å². The molecule has 0 bridgehead atoms. The van der Waals surface area contributed by atoms with Gasteiger partial charge in [0, 0.05) is 22.1 Å². The predicted octanol–water partition coefficient (Wildman–Crippen LogP) is 5.70. The van der Waals surface area contributed by atoms with Gasteiger partial charge in [0.15, 0.2) is 5.52 Å². The fourth-order valence-electron chi connectivity index (χ4n) is 2.81. The van der Waals surface area contributed by atoms with Crippen molar-refractivity contribution in [3.05, 3.63) is 64.6 Å². The Morgan fingerprint density at radius 3 is 2.46 bits per heavy atom. The molecule has 2 aromatic carbocycles. The summed E-state index contributed by atoms with van der Waals surface area (Å²) in [5, 5.41) is 14.6. The Hall–Kier alpha value is -1.54. The van der Waals surface area contributed by atoms with Gasteiger partial charge in [0.1, 0.15) is 17.1 Å². The second-order valence-corrected chi connectivity index (χ2v) is 9.40. The molecular weight excluding hydrogens is 430 g/mol. The summed E-state index contributed by atoms with van der Waals surface area (Å²) in [6, 6.07) is 15.0. The largest absolute Gasteiger partial charge is 0.710 e. The van der Waals surface area contributed by atoms with Crippen LogP contribution < -0.4 is 4.73 Å². The van der Waals surface area contributed by atoms with Crippen molar-refractivity contribution in [2.75, 3.05) is 11.5 Å². The first kappa shape index (κ1) is 21.2. The van der Waals surface area contributed by atoms with E-state index in [-0.39, 0.29) is 0 Å². The van der Waals surface area contributed by atoms with Crippen LogP contribution >= 0.6 is 47.7 Å². The highest BCUT2D eigenvalue weighted by Crippen LogP contribution is 2.28. The topological polar surface area (TPSA) is 43.1 Å². The molecule has 0 atom stereocenters. The number of hydrogen-bond acceptors (Lipinski definition) is 5. The molecule has 146 valence electrons. The molecule has 3 rings (SSSR count). The molecule has 0 amide bonds. The number of fused-ring (bicyclic) bond motifs is 1. The summed E-state index contributed by atoms with van der Waals surface area (Å²) >= 11 is 15.1. The minimum absolute atomic E-state index is 0.303. The second-order valence-electron chi connectivity index (χ2n) is 5.86. The quantitative estimate of drug-likeness (QED) is 0.199. The minimum atomic E-state index is 0.303. The Bertz CT molecular complexity index is 979. The molecule has 3 aromatic rings. The lowest BCUT2D eigenvalue weighted by Gasteiger charge is -2.21. The van der Waals surface area contributed by atoms with Crippen molar-refractivity contribution in [3.8, 4) is 11.3 Å². The van der Waals surface area contributed by atoms with Crippen molar-refractivity contribution >= 4 is 63.6 Å². The first-order chi connectivity index (χ1) is 13.5. The van der Waals surface area contributed by atoms with Crippen LogP contribution in [0.15, 0.2) is 48.5 Å². The third-order valence-electron chi connectivity index (χ3n) is 3.95. The van der Waals surface area contributed by atoms with Crippen LogP contribution in [0.5, 0.6) is 0 Å². The van der Waals surface area contributed by atoms with Gasteiger partial charge in [-0.15, -0.1) is 0 Å². The molecule has 0 radical (unpaired) electrons. The minimum Gasteiger partial charge on any atom is -0.710 e. The number of nitrogens with zero attached hydrogens (tertiary/aromatic N) is 3. The summed E-state index contributed by atoms with van der Waals surface area (Å²) in [6.07, 6.45) is 0.303. The summed E-state index contributed by atoms with van der Waals surface area (Å²) in [5.41, 5.74) is 2.09. The van der Waals surface area contributed by atoms with Gasteiger partial charge in [0.25, 0.3) is 0 Å². The van der Waals surface area contributed by atoms with E-state index < -0.39 is 0 Å². The van der Waals surface area contributed by atoms with Crippen LogP contribution in [-0.4, -0.2) is 25.2 Å². The molecule has 0 aliphatic heterocycles. The molecule has 0 aliphatic rings. The molecule has 0 N–H and O–H groups in total. The van der Waals surface area contributed by atoms with Gasteiger partial charge in [-0.2, -0.15) is 0 Å². The smallest absolute Gasteiger partial charge is 0.309 e. The van der Waals surface area contributed by atoms with Gasteiger partial charge in [-0.05, 0) is 47.1 Å². The van der Waals surface area contributed by atoms with Crippen molar-refractivity contribution in [2.24, 2.45) is 0 Å². The molecule has 0 saturated heterocycles. The van der Waals surface area contributed by atoms with E-state index in [0.717, 1.165) is 32.7 Å². The molecule has 0 spiro atoms. The van der Waals surface area contributed by atoms with Gasteiger partial charge in [-0.3, -0.25) is 3.71 Å². The van der Waals surface area contributed by atoms with Gasteiger partial charge in [0.05, 0.1) is 5.39 Å². The summed E-state index contributed by atoms with van der Waals surface area (Å²) in [5.74, 6) is 2.20. The molecule has 1 aromatic heterocycles. The maximum atomic E-state index is 13.3. The van der Waals surface area contributed by atoms with Crippen LogP contribution in [0.25, 0.3) is 22.2 Å². The monoisotopic (exact) mass is 449 g/mol. The zero-order valence-electron chi connectivity index (χ0n) is 15.6. The number of thiocarbonyl (C=S) groups is 1. The van der Waals surface area contributed by atoms with Crippen LogP contribution in [-0.2, 0) is 6.42 Å². The van der Waals surface area contributed by atoms with E-state index in [9.17, 15) is 5.21 Å². The first-order valence-electron chi connectivity index (χ1n) is 8.91. The van der Waals surface area contributed by atoms with Crippen LogP contribution in [0.4, 0.5) is 0 Å². The fourth-order valence-corrected chi connectivity index (χ4v) is 5.25. The maximum absolute atomic E-state index is 13.3. The standard InChI is InChI=1S/C20H20ClN3OS3/c1-3-27-24(28-4-2)19(26)13-18-22-17-11-10-15(21)12-16(17)20(23(18)25)14-8-6-5-7-9-14/h5-12H,3-4,13H2,1-2H3. The number of halogens is 1. The van der Waals surface area contributed by atoms with E-state index in [4.69, 9.17) is 23.8 Å². The highest BCUT2D eigenvalue weighted by atomic mass is 35.5.